The van der Waals surface area contributed by atoms with E-state index in [-0.39, 0.29) is 5.91 Å². The van der Waals surface area contributed by atoms with Crippen LogP contribution in [0.15, 0.2) is 36.8 Å². The van der Waals surface area contributed by atoms with Gasteiger partial charge in [-0.15, -0.1) is 0 Å². The topological polar surface area (TPSA) is 63.0 Å². The average molecular weight is 408 g/mol. The second-order valence-corrected chi connectivity index (χ2v) is 7.99. The van der Waals surface area contributed by atoms with Crippen LogP contribution in [0.1, 0.15) is 33.5 Å². The molecule has 1 aliphatic heterocycles. The number of fused-ring (bicyclic) bond motifs is 1. The van der Waals surface area contributed by atoms with Gasteiger partial charge in [0.25, 0.3) is 5.91 Å². The lowest BCUT2D eigenvalue weighted by Crippen LogP contribution is -2.49. The first-order valence-electron chi connectivity index (χ1n) is 10.5. The number of piperazine rings is 1. The van der Waals surface area contributed by atoms with Gasteiger partial charge in [0.15, 0.2) is 5.65 Å². The van der Waals surface area contributed by atoms with Gasteiger partial charge >= 0.3 is 0 Å². The van der Waals surface area contributed by atoms with Crippen LogP contribution in [0.4, 0.5) is 0 Å². The van der Waals surface area contributed by atoms with Gasteiger partial charge in [-0.3, -0.25) is 9.69 Å². The molecule has 2 aromatic heterocycles. The van der Waals surface area contributed by atoms with Crippen molar-refractivity contribution in [2.45, 2.75) is 27.2 Å². The highest BCUT2D eigenvalue weighted by Crippen LogP contribution is 2.20. The van der Waals surface area contributed by atoms with Crippen molar-refractivity contribution in [1.82, 2.24) is 24.4 Å². The SMILES string of the molecule is Cc1cnc2c(C(=O)N3CCN(CCCOc4cccc(C)c4C)CC3)cnn2c1. The van der Waals surface area contributed by atoms with Gasteiger partial charge in [0.2, 0.25) is 0 Å². The van der Waals surface area contributed by atoms with Crippen molar-refractivity contribution < 1.29 is 9.53 Å². The van der Waals surface area contributed by atoms with E-state index in [2.05, 4.69) is 34.9 Å². The quantitative estimate of drug-likeness (QED) is 0.588. The second kappa shape index (κ2) is 8.83. The maximum atomic E-state index is 12.9. The first-order valence-corrected chi connectivity index (χ1v) is 10.5. The minimum Gasteiger partial charge on any atom is -0.493 e. The van der Waals surface area contributed by atoms with Crippen LogP contribution >= 0.6 is 0 Å². The fourth-order valence-corrected chi connectivity index (χ4v) is 3.81. The van der Waals surface area contributed by atoms with Crippen LogP contribution in [0.3, 0.4) is 0 Å². The standard InChI is InChI=1S/C23H29N5O2/c1-17-14-24-22-20(15-25-28(22)16-17)23(29)27-11-9-26(10-12-27)8-5-13-30-21-7-4-6-18(2)19(21)3/h4,6-7,14-16H,5,8-13H2,1-3H3. The van der Waals surface area contributed by atoms with Crippen LogP contribution in [-0.4, -0.2) is 69.6 Å². The molecule has 0 unspecified atom stereocenters. The fourth-order valence-electron chi connectivity index (χ4n) is 3.81. The predicted octanol–water partition coefficient (Wildman–Crippen LogP) is 2.88. The van der Waals surface area contributed by atoms with E-state index in [0.29, 0.717) is 17.8 Å². The predicted molar refractivity (Wildman–Crippen MR) is 116 cm³/mol. The van der Waals surface area contributed by atoms with E-state index in [0.717, 1.165) is 50.5 Å². The lowest BCUT2D eigenvalue weighted by molar-refractivity contribution is 0.0632. The van der Waals surface area contributed by atoms with Crippen molar-refractivity contribution in [1.29, 1.82) is 0 Å². The van der Waals surface area contributed by atoms with Crippen LogP contribution in [-0.2, 0) is 0 Å². The van der Waals surface area contributed by atoms with E-state index in [4.69, 9.17) is 4.74 Å². The highest BCUT2D eigenvalue weighted by molar-refractivity contribution is 5.99. The maximum Gasteiger partial charge on any atom is 0.259 e. The molecule has 7 heteroatoms. The molecule has 0 saturated carbocycles. The highest BCUT2D eigenvalue weighted by Gasteiger charge is 2.24. The smallest absolute Gasteiger partial charge is 0.259 e. The molecule has 1 aromatic carbocycles. The monoisotopic (exact) mass is 407 g/mol. The molecule has 0 atom stereocenters. The molecule has 0 aliphatic carbocycles. The summed E-state index contributed by atoms with van der Waals surface area (Å²) in [5.74, 6) is 0.988. The summed E-state index contributed by atoms with van der Waals surface area (Å²) < 4.78 is 7.63. The number of aromatic nitrogens is 3. The number of rotatable bonds is 6. The molecular formula is C23H29N5O2. The number of benzene rings is 1. The van der Waals surface area contributed by atoms with Gasteiger partial charge < -0.3 is 9.64 Å². The molecule has 1 fully saturated rings. The molecule has 4 rings (SSSR count). The summed E-state index contributed by atoms with van der Waals surface area (Å²) in [5.41, 5.74) is 4.67. The molecular weight excluding hydrogens is 378 g/mol. The summed E-state index contributed by atoms with van der Waals surface area (Å²) in [7, 11) is 0. The Labute approximate surface area is 177 Å². The molecule has 158 valence electrons. The van der Waals surface area contributed by atoms with Gasteiger partial charge in [0, 0.05) is 45.1 Å². The lowest BCUT2D eigenvalue weighted by atomic mass is 10.1. The molecule has 1 amide bonds. The number of ether oxygens (including phenoxy) is 1. The zero-order chi connectivity index (χ0) is 21.1. The molecule has 3 heterocycles. The van der Waals surface area contributed by atoms with Crippen molar-refractivity contribution in [3.63, 3.8) is 0 Å². The summed E-state index contributed by atoms with van der Waals surface area (Å²) >= 11 is 0. The summed E-state index contributed by atoms with van der Waals surface area (Å²) in [6.07, 6.45) is 6.25. The molecule has 0 radical (unpaired) electrons. The number of carbonyl (C=O) groups is 1. The number of hydrogen-bond acceptors (Lipinski definition) is 5. The molecule has 0 spiro atoms. The fraction of sp³-hybridized carbons (Fsp3) is 0.435. The number of aryl methyl sites for hydroxylation is 2. The first kappa shape index (κ1) is 20.3. The van der Waals surface area contributed by atoms with E-state index in [9.17, 15) is 4.79 Å². The third-order valence-corrected chi connectivity index (χ3v) is 5.81. The Balaban J connectivity index is 1.24. The van der Waals surface area contributed by atoms with Crippen molar-refractivity contribution >= 4 is 11.6 Å². The van der Waals surface area contributed by atoms with Gasteiger partial charge in [-0.05, 0) is 49.9 Å². The summed E-state index contributed by atoms with van der Waals surface area (Å²) in [6.45, 7) is 11.0. The van der Waals surface area contributed by atoms with E-state index in [1.54, 1.807) is 16.9 Å². The van der Waals surface area contributed by atoms with Gasteiger partial charge in [0.05, 0.1) is 12.8 Å². The van der Waals surface area contributed by atoms with Crippen LogP contribution in [0.5, 0.6) is 5.75 Å². The maximum absolute atomic E-state index is 12.9. The van der Waals surface area contributed by atoms with Gasteiger partial charge in [-0.2, -0.15) is 5.10 Å². The Hall–Kier alpha value is -2.93. The largest absolute Gasteiger partial charge is 0.493 e. The minimum atomic E-state index is 0.0132. The molecule has 3 aromatic rings. The van der Waals surface area contributed by atoms with Crippen LogP contribution in [0.25, 0.3) is 5.65 Å². The summed E-state index contributed by atoms with van der Waals surface area (Å²) in [6, 6.07) is 6.17. The normalized spacial score (nSPS) is 15.0. The van der Waals surface area contributed by atoms with E-state index in [1.165, 1.54) is 11.1 Å². The van der Waals surface area contributed by atoms with Gasteiger partial charge in [0.1, 0.15) is 11.3 Å². The van der Waals surface area contributed by atoms with Crippen molar-refractivity contribution in [2.75, 3.05) is 39.3 Å². The Morgan fingerprint density at radius 3 is 2.70 bits per heavy atom. The van der Waals surface area contributed by atoms with Crippen LogP contribution in [0.2, 0.25) is 0 Å². The van der Waals surface area contributed by atoms with Crippen LogP contribution in [0, 0.1) is 20.8 Å². The van der Waals surface area contributed by atoms with Crippen molar-refractivity contribution in [2.24, 2.45) is 0 Å². The molecule has 1 saturated heterocycles. The van der Waals surface area contributed by atoms with Crippen LogP contribution < -0.4 is 4.74 Å². The zero-order valence-corrected chi connectivity index (χ0v) is 18.0. The summed E-state index contributed by atoms with van der Waals surface area (Å²) in [4.78, 5) is 21.6. The number of nitrogens with zero attached hydrogens (tertiary/aromatic N) is 5. The number of amides is 1. The number of carbonyl (C=O) groups excluding carboxylic acids is 1. The molecule has 30 heavy (non-hydrogen) atoms. The molecule has 1 aliphatic rings. The molecule has 0 bridgehead atoms. The Morgan fingerprint density at radius 2 is 1.90 bits per heavy atom. The zero-order valence-electron chi connectivity index (χ0n) is 18.0. The number of hydrogen-bond donors (Lipinski definition) is 0. The van der Waals surface area contributed by atoms with E-state index >= 15 is 0 Å². The minimum absolute atomic E-state index is 0.0132. The Kier molecular flexibility index (Phi) is 5.99. The molecule has 7 nitrogen and oxygen atoms in total. The Bertz CT molecular complexity index is 1040. The Morgan fingerprint density at radius 1 is 1.10 bits per heavy atom. The van der Waals surface area contributed by atoms with E-state index in [1.807, 2.05) is 30.2 Å². The second-order valence-electron chi connectivity index (χ2n) is 7.99. The molecule has 0 N–H and O–H groups in total. The van der Waals surface area contributed by atoms with E-state index < -0.39 is 0 Å². The summed E-state index contributed by atoms with van der Waals surface area (Å²) in [5, 5.41) is 4.28. The lowest BCUT2D eigenvalue weighted by Gasteiger charge is -2.34. The highest BCUT2D eigenvalue weighted by atomic mass is 16.5. The third-order valence-electron chi connectivity index (χ3n) is 5.81. The van der Waals surface area contributed by atoms with Crippen molar-refractivity contribution in [3.05, 3.63) is 59.0 Å². The van der Waals surface area contributed by atoms with Crippen molar-refractivity contribution in [3.8, 4) is 5.75 Å². The third kappa shape index (κ3) is 4.31. The van der Waals surface area contributed by atoms with Gasteiger partial charge in [-0.25, -0.2) is 9.50 Å². The average Bonchev–Trinajstić information content (AvgIpc) is 3.17. The van der Waals surface area contributed by atoms with Gasteiger partial charge in [-0.1, -0.05) is 12.1 Å². The first-order chi connectivity index (χ1) is 14.5.